The first-order valence-electron chi connectivity index (χ1n) is 6.16. The van der Waals surface area contributed by atoms with Gasteiger partial charge in [-0.3, -0.25) is 4.79 Å². The second kappa shape index (κ2) is 6.06. The summed E-state index contributed by atoms with van der Waals surface area (Å²) in [5.41, 5.74) is 5.98. The molecule has 0 aliphatic heterocycles. The smallest absolute Gasteiger partial charge is 0.240 e. The molecule has 0 aromatic heterocycles. The molecule has 1 unspecified atom stereocenters. The standard InChI is InChI=1S/C13H20N2O3S/c1-4-19(17,18)11-7-5-10(6-8-11)15-12(9(2)3)13(14)16/h5-9,12,15H,4H2,1-3H3,(H2,14,16). The Bertz CT molecular complexity index is 536. The summed E-state index contributed by atoms with van der Waals surface area (Å²) in [6.07, 6.45) is 0. The number of primary amides is 1. The average molecular weight is 284 g/mol. The minimum atomic E-state index is -3.20. The summed E-state index contributed by atoms with van der Waals surface area (Å²) in [6.45, 7) is 5.38. The van der Waals surface area contributed by atoms with Crippen LogP contribution in [0.1, 0.15) is 20.8 Å². The second-order valence-electron chi connectivity index (χ2n) is 4.70. The molecule has 5 nitrogen and oxygen atoms in total. The maximum Gasteiger partial charge on any atom is 0.240 e. The van der Waals surface area contributed by atoms with Crippen molar-refractivity contribution >= 4 is 21.4 Å². The summed E-state index contributed by atoms with van der Waals surface area (Å²) in [5, 5.41) is 3.01. The maximum absolute atomic E-state index is 11.7. The van der Waals surface area contributed by atoms with Crippen molar-refractivity contribution in [2.75, 3.05) is 11.1 Å². The lowest BCUT2D eigenvalue weighted by Gasteiger charge is -2.20. The van der Waals surface area contributed by atoms with Crippen molar-refractivity contribution in [2.45, 2.75) is 31.7 Å². The van der Waals surface area contributed by atoms with E-state index in [4.69, 9.17) is 5.73 Å². The summed E-state index contributed by atoms with van der Waals surface area (Å²) in [5.74, 6) is -0.313. The SMILES string of the molecule is CCS(=O)(=O)c1ccc(NC(C(N)=O)C(C)C)cc1. The van der Waals surface area contributed by atoms with E-state index < -0.39 is 21.8 Å². The van der Waals surface area contributed by atoms with Gasteiger partial charge in [0.1, 0.15) is 6.04 Å². The fourth-order valence-corrected chi connectivity index (χ4v) is 2.56. The van der Waals surface area contributed by atoms with Gasteiger partial charge in [0.15, 0.2) is 9.84 Å². The molecule has 1 aromatic rings. The van der Waals surface area contributed by atoms with Gasteiger partial charge in [0, 0.05) is 5.69 Å². The Kier molecular flexibility index (Phi) is 4.94. The number of amides is 1. The third-order valence-corrected chi connectivity index (χ3v) is 4.64. The molecule has 3 N–H and O–H groups in total. The zero-order valence-electron chi connectivity index (χ0n) is 11.4. The molecule has 0 aliphatic rings. The molecule has 106 valence electrons. The zero-order chi connectivity index (χ0) is 14.6. The molecular formula is C13H20N2O3S. The van der Waals surface area contributed by atoms with Crippen LogP contribution in [0.3, 0.4) is 0 Å². The largest absolute Gasteiger partial charge is 0.373 e. The van der Waals surface area contributed by atoms with Gasteiger partial charge in [-0.05, 0) is 30.2 Å². The van der Waals surface area contributed by atoms with Crippen LogP contribution in [0, 0.1) is 5.92 Å². The lowest BCUT2D eigenvalue weighted by Crippen LogP contribution is -2.39. The zero-order valence-corrected chi connectivity index (χ0v) is 12.2. The highest BCUT2D eigenvalue weighted by Crippen LogP contribution is 2.17. The number of nitrogens with two attached hydrogens (primary N) is 1. The van der Waals surface area contributed by atoms with Crippen LogP contribution in [0.2, 0.25) is 0 Å². The lowest BCUT2D eigenvalue weighted by molar-refractivity contribution is -0.119. The van der Waals surface area contributed by atoms with Gasteiger partial charge < -0.3 is 11.1 Å². The molecule has 0 heterocycles. The van der Waals surface area contributed by atoms with E-state index in [0.29, 0.717) is 5.69 Å². The lowest BCUT2D eigenvalue weighted by atomic mass is 10.0. The highest BCUT2D eigenvalue weighted by atomic mass is 32.2. The number of carbonyl (C=O) groups excluding carboxylic acids is 1. The van der Waals surface area contributed by atoms with Crippen molar-refractivity contribution in [3.05, 3.63) is 24.3 Å². The number of sulfone groups is 1. The highest BCUT2D eigenvalue weighted by molar-refractivity contribution is 7.91. The normalized spacial score (nSPS) is 13.3. The molecule has 0 radical (unpaired) electrons. The number of rotatable bonds is 6. The Morgan fingerprint density at radius 2 is 1.79 bits per heavy atom. The van der Waals surface area contributed by atoms with Gasteiger partial charge >= 0.3 is 0 Å². The minimum Gasteiger partial charge on any atom is -0.373 e. The number of nitrogens with one attached hydrogen (secondary N) is 1. The fraction of sp³-hybridized carbons (Fsp3) is 0.462. The third kappa shape index (κ3) is 3.96. The van der Waals surface area contributed by atoms with Gasteiger partial charge in [0.05, 0.1) is 10.6 Å². The van der Waals surface area contributed by atoms with Gasteiger partial charge in [0.25, 0.3) is 0 Å². The Morgan fingerprint density at radius 3 is 2.16 bits per heavy atom. The first-order chi connectivity index (χ1) is 8.77. The quantitative estimate of drug-likeness (QED) is 0.826. The van der Waals surface area contributed by atoms with Crippen molar-refractivity contribution in [1.82, 2.24) is 0 Å². The van der Waals surface area contributed by atoms with Gasteiger partial charge in [-0.2, -0.15) is 0 Å². The van der Waals surface area contributed by atoms with Crippen LogP contribution in [0.25, 0.3) is 0 Å². The Labute approximate surface area is 114 Å². The molecule has 1 amide bonds. The van der Waals surface area contributed by atoms with E-state index in [2.05, 4.69) is 5.32 Å². The van der Waals surface area contributed by atoms with Crippen molar-refractivity contribution in [1.29, 1.82) is 0 Å². The van der Waals surface area contributed by atoms with Crippen molar-refractivity contribution in [2.24, 2.45) is 11.7 Å². The Hall–Kier alpha value is -1.56. The third-order valence-electron chi connectivity index (χ3n) is 2.89. The number of benzene rings is 1. The molecule has 0 fully saturated rings. The van der Waals surface area contributed by atoms with Gasteiger partial charge in [-0.1, -0.05) is 20.8 Å². The number of anilines is 1. The summed E-state index contributed by atoms with van der Waals surface area (Å²) in [4.78, 5) is 11.6. The molecule has 0 spiro atoms. The molecule has 1 aromatic carbocycles. The molecule has 0 aliphatic carbocycles. The van der Waals surface area contributed by atoms with Crippen LogP contribution < -0.4 is 11.1 Å². The van der Waals surface area contributed by atoms with Crippen LogP contribution in [0.4, 0.5) is 5.69 Å². The van der Waals surface area contributed by atoms with Crippen LogP contribution in [-0.2, 0) is 14.6 Å². The summed E-state index contributed by atoms with van der Waals surface area (Å²) < 4.78 is 23.3. The second-order valence-corrected chi connectivity index (χ2v) is 6.97. The van der Waals surface area contributed by atoms with E-state index in [1.807, 2.05) is 13.8 Å². The molecule has 6 heteroatoms. The van der Waals surface area contributed by atoms with Gasteiger partial charge in [0.2, 0.25) is 5.91 Å². The summed E-state index contributed by atoms with van der Waals surface area (Å²) in [6, 6.07) is 5.86. The molecule has 19 heavy (non-hydrogen) atoms. The molecule has 0 saturated carbocycles. The Morgan fingerprint density at radius 1 is 1.26 bits per heavy atom. The predicted molar refractivity (Wildman–Crippen MR) is 75.6 cm³/mol. The van der Waals surface area contributed by atoms with Crippen LogP contribution in [0.5, 0.6) is 0 Å². The maximum atomic E-state index is 11.7. The van der Waals surface area contributed by atoms with E-state index in [-0.39, 0.29) is 16.6 Å². The van der Waals surface area contributed by atoms with E-state index in [9.17, 15) is 13.2 Å². The predicted octanol–water partition coefficient (Wildman–Crippen LogP) is 1.40. The summed E-state index contributed by atoms with van der Waals surface area (Å²) in [7, 11) is -3.20. The first kappa shape index (κ1) is 15.5. The van der Waals surface area contributed by atoms with E-state index in [1.54, 1.807) is 19.1 Å². The van der Waals surface area contributed by atoms with Crippen LogP contribution in [-0.4, -0.2) is 26.1 Å². The van der Waals surface area contributed by atoms with Gasteiger partial charge in [-0.25, -0.2) is 8.42 Å². The molecule has 0 bridgehead atoms. The van der Waals surface area contributed by atoms with Gasteiger partial charge in [-0.15, -0.1) is 0 Å². The summed E-state index contributed by atoms with van der Waals surface area (Å²) >= 11 is 0. The monoisotopic (exact) mass is 284 g/mol. The van der Waals surface area contributed by atoms with E-state index in [1.165, 1.54) is 12.1 Å². The number of carbonyl (C=O) groups is 1. The minimum absolute atomic E-state index is 0.0524. The number of hydrogen-bond donors (Lipinski definition) is 2. The first-order valence-corrected chi connectivity index (χ1v) is 7.82. The Balaban J connectivity index is 2.91. The molecular weight excluding hydrogens is 264 g/mol. The number of hydrogen-bond acceptors (Lipinski definition) is 4. The van der Waals surface area contributed by atoms with E-state index in [0.717, 1.165) is 0 Å². The van der Waals surface area contributed by atoms with Crippen LogP contribution >= 0.6 is 0 Å². The molecule has 1 rings (SSSR count). The van der Waals surface area contributed by atoms with E-state index >= 15 is 0 Å². The van der Waals surface area contributed by atoms with Crippen molar-refractivity contribution in [3.63, 3.8) is 0 Å². The van der Waals surface area contributed by atoms with Crippen LogP contribution in [0.15, 0.2) is 29.2 Å². The van der Waals surface area contributed by atoms with Crippen molar-refractivity contribution in [3.8, 4) is 0 Å². The van der Waals surface area contributed by atoms with Crippen molar-refractivity contribution < 1.29 is 13.2 Å². The highest BCUT2D eigenvalue weighted by Gasteiger charge is 2.19. The molecule has 1 atom stereocenters. The molecule has 0 saturated heterocycles. The average Bonchev–Trinajstić information content (AvgIpc) is 2.35. The fourth-order valence-electron chi connectivity index (χ4n) is 1.67. The topological polar surface area (TPSA) is 89.3 Å².